The molecule has 0 unspecified atom stereocenters. The summed E-state index contributed by atoms with van der Waals surface area (Å²) >= 11 is 0. The van der Waals surface area contributed by atoms with E-state index in [0.29, 0.717) is 86.0 Å². The van der Waals surface area contributed by atoms with Crippen LogP contribution in [-0.2, 0) is 21.4 Å². The van der Waals surface area contributed by atoms with E-state index in [4.69, 9.17) is 15.6 Å². The van der Waals surface area contributed by atoms with Gasteiger partial charge >= 0.3 is 6.09 Å². The number of ether oxygens (including phenoxy) is 1. The Labute approximate surface area is 295 Å². The first kappa shape index (κ1) is 36.1. The highest BCUT2D eigenvalue weighted by molar-refractivity contribution is 7.86. The number of rotatable bonds is 8. The number of fused-ring (bicyclic) bond motifs is 1. The SMILES string of the molecule is Cc1nn(-c2ccc(C(N)=O)c(NC3CCN(S(=O)(=O)N4CCCN(C(=O)OC(C)(C)C)CC4)CC3)c2)c2c1C(=O)N(CC1CC1)C(C)(C)C2. The van der Waals surface area contributed by atoms with Gasteiger partial charge in [0.25, 0.3) is 22.0 Å². The molecule has 0 spiro atoms. The highest BCUT2D eigenvalue weighted by Gasteiger charge is 2.44. The molecule has 2 aromatic rings. The smallest absolute Gasteiger partial charge is 0.410 e. The van der Waals surface area contributed by atoms with Crippen molar-refractivity contribution in [3.05, 3.63) is 40.7 Å². The summed E-state index contributed by atoms with van der Waals surface area (Å²) in [7, 11) is -3.74. The largest absolute Gasteiger partial charge is 0.444 e. The third kappa shape index (κ3) is 7.49. The van der Waals surface area contributed by atoms with Crippen molar-refractivity contribution in [2.75, 3.05) is 51.1 Å². The second kappa shape index (κ2) is 13.5. The van der Waals surface area contributed by atoms with Crippen LogP contribution in [-0.4, -0.2) is 118 Å². The number of piperidine rings is 1. The second-order valence-electron chi connectivity index (χ2n) is 15.8. The Bertz CT molecular complexity index is 1750. The summed E-state index contributed by atoms with van der Waals surface area (Å²) in [5.74, 6) is 0.00999. The zero-order chi connectivity index (χ0) is 36.2. The van der Waals surface area contributed by atoms with Crippen molar-refractivity contribution >= 4 is 33.8 Å². The molecular formula is C35H52N8O6S. The molecule has 0 radical (unpaired) electrons. The van der Waals surface area contributed by atoms with E-state index in [9.17, 15) is 22.8 Å². The first-order valence-corrected chi connectivity index (χ1v) is 19.2. The van der Waals surface area contributed by atoms with Crippen LogP contribution in [0.1, 0.15) is 98.8 Å². The number of primary amides is 1. The fraction of sp³-hybridized carbons (Fsp3) is 0.657. The molecule has 3 N–H and O–H groups in total. The Morgan fingerprint density at radius 1 is 1.02 bits per heavy atom. The average Bonchev–Trinajstić information content (AvgIpc) is 3.83. The van der Waals surface area contributed by atoms with E-state index in [1.165, 1.54) is 8.61 Å². The molecule has 1 saturated carbocycles. The molecule has 1 aliphatic carbocycles. The lowest BCUT2D eigenvalue weighted by molar-refractivity contribution is 0.0259. The Morgan fingerprint density at radius 3 is 2.34 bits per heavy atom. The molecule has 6 rings (SSSR count). The molecule has 14 nitrogen and oxygen atoms in total. The van der Waals surface area contributed by atoms with Crippen LogP contribution in [0.2, 0.25) is 0 Å². The maximum atomic E-state index is 13.8. The van der Waals surface area contributed by atoms with Gasteiger partial charge in [-0.2, -0.15) is 22.1 Å². The van der Waals surface area contributed by atoms with E-state index in [2.05, 4.69) is 19.2 Å². The van der Waals surface area contributed by atoms with Gasteiger partial charge in [0.2, 0.25) is 0 Å². The summed E-state index contributed by atoms with van der Waals surface area (Å²) in [5, 5.41) is 8.28. The fourth-order valence-electron chi connectivity index (χ4n) is 7.28. The third-order valence-corrected chi connectivity index (χ3v) is 12.2. The van der Waals surface area contributed by atoms with Crippen molar-refractivity contribution < 1.29 is 27.5 Å². The number of hydrogen-bond acceptors (Lipinski definition) is 8. The first-order valence-electron chi connectivity index (χ1n) is 17.8. The normalized spacial score (nSPS) is 21.1. The molecule has 3 aliphatic heterocycles. The van der Waals surface area contributed by atoms with Gasteiger partial charge in [-0.3, -0.25) is 9.59 Å². The lowest BCUT2D eigenvalue weighted by Crippen LogP contribution is -2.53. The summed E-state index contributed by atoms with van der Waals surface area (Å²) < 4.78 is 37.6. The number of aryl methyl sites for hydroxylation is 1. The predicted octanol–water partition coefficient (Wildman–Crippen LogP) is 3.53. The summed E-state index contributed by atoms with van der Waals surface area (Å²) in [6.07, 6.45) is 4.10. The lowest BCUT2D eigenvalue weighted by Gasteiger charge is -2.42. The van der Waals surface area contributed by atoms with Crippen LogP contribution in [0.25, 0.3) is 5.69 Å². The Balaban J connectivity index is 1.14. The lowest BCUT2D eigenvalue weighted by atomic mass is 9.87. The van der Waals surface area contributed by atoms with Crippen molar-refractivity contribution in [2.24, 2.45) is 11.7 Å². The topological polar surface area (TPSA) is 163 Å². The molecule has 50 heavy (non-hydrogen) atoms. The van der Waals surface area contributed by atoms with Gasteiger partial charge in [0.15, 0.2) is 0 Å². The van der Waals surface area contributed by atoms with Crippen LogP contribution in [0, 0.1) is 12.8 Å². The first-order chi connectivity index (χ1) is 23.4. The van der Waals surface area contributed by atoms with Crippen LogP contribution < -0.4 is 11.1 Å². The number of benzene rings is 1. The van der Waals surface area contributed by atoms with Gasteiger partial charge in [0.05, 0.1) is 28.2 Å². The summed E-state index contributed by atoms with van der Waals surface area (Å²) in [5.41, 5.74) is 8.55. The van der Waals surface area contributed by atoms with Gasteiger partial charge in [0, 0.05) is 69.5 Å². The van der Waals surface area contributed by atoms with E-state index in [-0.39, 0.29) is 30.6 Å². The maximum Gasteiger partial charge on any atom is 0.410 e. The number of carbonyl (C=O) groups is 3. The number of hydrogen-bond donors (Lipinski definition) is 2. The zero-order valence-corrected chi connectivity index (χ0v) is 31.0. The Kier molecular flexibility index (Phi) is 9.72. The summed E-state index contributed by atoms with van der Waals surface area (Å²) in [6.45, 7) is 14.1. The Hall–Kier alpha value is -3.69. The molecule has 2 saturated heterocycles. The number of carbonyl (C=O) groups excluding carboxylic acids is 3. The molecule has 4 heterocycles. The molecule has 0 atom stereocenters. The van der Waals surface area contributed by atoms with E-state index >= 15 is 0 Å². The standard InChI is InChI=1S/C35H52N8O6S/c1-23-30-29(21-35(5,6)42(32(30)45)22-24-8-9-24)43(38-23)26-10-11-27(31(36)44)28(20-26)37-25-12-16-41(17-13-25)50(47,48)40-15-7-14-39(18-19-40)33(46)49-34(2,3)4/h10-11,20,24-25,37H,7-9,12-19,21-22H2,1-6H3,(H2,36,44). The van der Waals surface area contributed by atoms with Gasteiger partial charge in [-0.15, -0.1) is 0 Å². The van der Waals surface area contributed by atoms with Gasteiger partial charge in [-0.05, 0) is 97.8 Å². The van der Waals surface area contributed by atoms with Crippen molar-refractivity contribution in [3.8, 4) is 5.69 Å². The quantitative estimate of drug-likeness (QED) is 0.420. The summed E-state index contributed by atoms with van der Waals surface area (Å²) in [4.78, 5) is 42.5. The molecule has 3 amide bonds. The average molecular weight is 713 g/mol. The maximum absolute atomic E-state index is 13.8. The van der Waals surface area contributed by atoms with Crippen LogP contribution in [0.4, 0.5) is 10.5 Å². The van der Waals surface area contributed by atoms with E-state index < -0.39 is 27.8 Å². The van der Waals surface area contributed by atoms with Crippen LogP contribution in [0.5, 0.6) is 0 Å². The highest BCUT2D eigenvalue weighted by Crippen LogP contribution is 2.38. The van der Waals surface area contributed by atoms with E-state index in [0.717, 1.165) is 25.1 Å². The van der Waals surface area contributed by atoms with Crippen molar-refractivity contribution in [1.29, 1.82) is 0 Å². The van der Waals surface area contributed by atoms with Crippen molar-refractivity contribution in [2.45, 2.75) is 97.2 Å². The molecule has 1 aromatic carbocycles. The second-order valence-corrected chi connectivity index (χ2v) is 17.7. The zero-order valence-electron chi connectivity index (χ0n) is 30.2. The molecule has 15 heteroatoms. The highest BCUT2D eigenvalue weighted by atomic mass is 32.2. The van der Waals surface area contributed by atoms with E-state index in [1.54, 1.807) is 17.0 Å². The monoisotopic (exact) mass is 712 g/mol. The minimum Gasteiger partial charge on any atom is -0.444 e. The summed E-state index contributed by atoms with van der Waals surface area (Å²) in [6, 6.07) is 5.22. The van der Waals surface area contributed by atoms with Crippen molar-refractivity contribution in [3.63, 3.8) is 0 Å². The number of nitrogens with one attached hydrogen (secondary N) is 1. The molecule has 4 aliphatic rings. The van der Waals surface area contributed by atoms with Crippen molar-refractivity contribution in [1.82, 2.24) is 28.2 Å². The molecule has 3 fully saturated rings. The van der Waals surface area contributed by atoms with Gasteiger partial charge in [0.1, 0.15) is 5.60 Å². The van der Waals surface area contributed by atoms with Crippen LogP contribution in [0.3, 0.4) is 0 Å². The molecule has 274 valence electrons. The minimum absolute atomic E-state index is 0.0151. The fourth-order valence-corrected chi connectivity index (χ4v) is 8.95. The molecule has 0 bridgehead atoms. The number of nitrogens with zero attached hydrogens (tertiary/aromatic N) is 6. The minimum atomic E-state index is -3.74. The number of anilines is 1. The van der Waals surface area contributed by atoms with E-state index in [1.807, 2.05) is 43.3 Å². The molecule has 1 aromatic heterocycles. The molecular weight excluding hydrogens is 661 g/mol. The predicted molar refractivity (Wildman–Crippen MR) is 189 cm³/mol. The third-order valence-electron chi connectivity index (χ3n) is 10.2. The number of aromatic nitrogens is 2. The Morgan fingerprint density at radius 2 is 1.70 bits per heavy atom. The van der Waals surface area contributed by atoms with Gasteiger partial charge < -0.3 is 25.6 Å². The number of amides is 3. The van der Waals surface area contributed by atoms with Gasteiger partial charge in [-0.25, -0.2) is 9.48 Å². The van der Waals surface area contributed by atoms with Crippen LogP contribution >= 0.6 is 0 Å². The number of nitrogens with two attached hydrogens (primary N) is 1. The van der Waals surface area contributed by atoms with Gasteiger partial charge in [-0.1, -0.05) is 0 Å². The van der Waals surface area contributed by atoms with Crippen LogP contribution in [0.15, 0.2) is 18.2 Å².